The largest absolute Gasteiger partial charge is 0.0622 e. The molecule has 0 aromatic heterocycles. The standard InChI is InChI=1S/6C22H22/c1-16(2)20-15-22(19-12-8-5-9-13-19)21(14-17(20)3)18-10-6-4-7-11-18;1-16(2)20-14-17(3)21(18-10-6-4-7-11-18)15-22(20)19-12-8-5-9-13-19;1-16(2)20-14-13-19(15-17(20)3)22-12-8-7-11-21(22)18-9-5-4-6-10-18;1-16(2)19-13-14-20(17(3)15-19)22-12-8-7-11-21(22)18-9-5-4-6-10-18;1-16(2)22-15-19(14-13-17(22)3)21-12-8-7-11-20(21)18-9-5-4-6-10-18;1-16(2)22-15-17(3)13-14-21(22)20-12-8-7-11-19(20)18-9-5-4-6-10-18/h6*4-16H,1-3H3. The van der Waals surface area contributed by atoms with E-state index in [9.17, 15) is 0 Å². The molecule has 0 spiro atoms. The minimum absolute atomic E-state index is 0.513. The van der Waals surface area contributed by atoms with Crippen LogP contribution in [-0.2, 0) is 0 Å². The average molecular weight is 1720 g/mol. The van der Waals surface area contributed by atoms with E-state index in [1.165, 1.54) is 200 Å². The third kappa shape index (κ3) is 24.5. The van der Waals surface area contributed by atoms with Gasteiger partial charge in [0.15, 0.2) is 0 Å². The molecule has 18 aromatic rings. The smallest absolute Gasteiger partial charge is 0.0102 e. The van der Waals surface area contributed by atoms with E-state index in [1.54, 1.807) is 0 Å². The van der Waals surface area contributed by atoms with Crippen LogP contribution in [0.3, 0.4) is 0 Å². The SMILES string of the molecule is Cc1cc(-c2ccccc2)c(-c2ccccc2)cc1C(C)C.Cc1cc(-c2ccccc2-c2ccccc2)ccc1C(C)C.Cc1cc(C(C)C)c(-c2ccccc2)cc1-c1ccccc1.Cc1cc(C(C)C)ccc1-c1ccccc1-c1ccccc1.Cc1ccc(-c2ccccc2-c2ccccc2)c(C(C)C)c1.Cc1ccc(-c2ccccc2-c2ccccc2)cc1C(C)C. The van der Waals surface area contributed by atoms with Gasteiger partial charge in [-0.3, -0.25) is 0 Å². The first-order chi connectivity index (χ1) is 64.0. The van der Waals surface area contributed by atoms with Gasteiger partial charge in [-0.25, -0.2) is 0 Å². The summed E-state index contributed by atoms with van der Waals surface area (Å²) in [6, 6.07) is 157. The molecule has 18 aromatic carbocycles. The Hall–Kier alpha value is -14.0. The number of hydrogen-bond donors (Lipinski definition) is 0. The van der Waals surface area contributed by atoms with Crippen molar-refractivity contribution in [3.63, 3.8) is 0 Å². The van der Waals surface area contributed by atoms with E-state index in [0.717, 1.165) is 0 Å². The molecule has 0 fully saturated rings. The fraction of sp³-hybridized carbons (Fsp3) is 0.182. The van der Waals surface area contributed by atoms with Crippen LogP contribution in [0.25, 0.3) is 134 Å². The Labute approximate surface area is 791 Å². The summed E-state index contributed by atoms with van der Waals surface area (Å²) in [5.74, 6) is 3.24. The molecule has 0 aliphatic heterocycles. The second kappa shape index (κ2) is 46.5. The lowest BCUT2D eigenvalue weighted by molar-refractivity contribution is 0.857. The van der Waals surface area contributed by atoms with E-state index >= 15 is 0 Å². The Morgan fingerprint density at radius 3 is 0.773 bits per heavy atom. The summed E-state index contributed by atoms with van der Waals surface area (Å²) in [5, 5.41) is 0. The zero-order valence-electron chi connectivity index (χ0n) is 81.0. The second-order valence-electron chi connectivity index (χ2n) is 36.9. The van der Waals surface area contributed by atoms with Gasteiger partial charge in [0.1, 0.15) is 0 Å². The Morgan fingerprint density at radius 1 is 0.121 bits per heavy atom. The lowest BCUT2D eigenvalue weighted by Gasteiger charge is -2.18. The third-order valence-electron chi connectivity index (χ3n) is 25.2. The van der Waals surface area contributed by atoms with Gasteiger partial charge in [0.25, 0.3) is 0 Å². The molecular formula is C132H132. The zero-order chi connectivity index (χ0) is 93.2. The van der Waals surface area contributed by atoms with E-state index < -0.39 is 0 Å². The predicted molar refractivity (Wildman–Crippen MR) is 577 cm³/mol. The van der Waals surface area contributed by atoms with Crippen molar-refractivity contribution < 1.29 is 0 Å². The first kappa shape index (κ1) is 95.5. The van der Waals surface area contributed by atoms with Crippen molar-refractivity contribution in [3.05, 3.63) is 504 Å². The highest BCUT2D eigenvalue weighted by molar-refractivity contribution is 5.90. The molecule has 0 radical (unpaired) electrons. The van der Waals surface area contributed by atoms with E-state index in [1.807, 2.05) is 0 Å². The summed E-state index contributed by atoms with van der Waals surface area (Å²) in [6.07, 6.45) is 0. The summed E-state index contributed by atoms with van der Waals surface area (Å²) in [7, 11) is 0. The van der Waals surface area contributed by atoms with Gasteiger partial charge in [0, 0.05) is 0 Å². The number of benzene rings is 18. The van der Waals surface area contributed by atoms with Crippen molar-refractivity contribution >= 4 is 0 Å². The zero-order valence-corrected chi connectivity index (χ0v) is 81.0. The van der Waals surface area contributed by atoms with Crippen molar-refractivity contribution in [2.45, 2.75) is 160 Å². The van der Waals surface area contributed by atoms with Crippen molar-refractivity contribution in [1.29, 1.82) is 0 Å². The minimum atomic E-state index is 0.513. The van der Waals surface area contributed by atoms with Gasteiger partial charge >= 0.3 is 0 Å². The van der Waals surface area contributed by atoms with Crippen molar-refractivity contribution in [2.75, 3.05) is 0 Å². The summed E-state index contributed by atoms with van der Waals surface area (Å²) >= 11 is 0. The maximum atomic E-state index is 2.37. The van der Waals surface area contributed by atoms with Gasteiger partial charge in [-0.2, -0.15) is 0 Å². The van der Waals surface area contributed by atoms with Crippen LogP contribution < -0.4 is 0 Å². The van der Waals surface area contributed by atoms with E-state index in [0.29, 0.717) is 35.5 Å². The summed E-state index contributed by atoms with van der Waals surface area (Å²) in [5.41, 5.74) is 47.8. The number of rotatable bonds is 18. The first-order valence-electron chi connectivity index (χ1n) is 47.5. The first-order valence-corrected chi connectivity index (χ1v) is 47.5. The van der Waals surface area contributed by atoms with E-state index in [-0.39, 0.29) is 0 Å². The van der Waals surface area contributed by atoms with Crippen molar-refractivity contribution in [2.24, 2.45) is 0 Å². The van der Waals surface area contributed by atoms with Crippen LogP contribution >= 0.6 is 0 Å². The van der Waals surface area contributed by atoms with Crippen LogP contribution in [0, 0.1) is 41.5 Å². The highest BCUT2D eigenvalue weighted by Gasteiger charge is 2.20. The van der Waals surface area contributed by atoms with E-state index in [2.05, 4.69) is 561 Å². The highest BCUT2D eigenvalue weighted by Crippen LogP contribution is 2.43. The van der Waals surface area contributed by atoms with Crippen LogP contribution in [-0.4, -0.2) is 0 Å². The molecule has 0 saturated carbocycles. The average Bonchev–Trinajstić information content (AvgIpc) is 0.385. The number of aryl methyl sites for hydroxylation is 6. The third-order valence-corrected chi connectivity index (χ3v) is 25.2. The molecule has 0 heterocycles. The van der Waals surface area contributed by atoms with Crippen LogP contribution in [0.4, 0.5) is 0 Å². The molecule has 0 aliphatic rings. The molecule has 0 unspecified atom stereocenters. The molecule has 18 rings (SSSR count). The van der Waals surface area contributed by atoms with Gasteiger partial charge in [-0.15, -0.1) is 0 Å². The molecule has 0 atom stereocenters. The van der Waals surface area contributed by atoms with Crippen LogP contribution in [0.2, 0.25) is 0 Å². The van der Waals surface area contributed by atoms with Gasteiger partial charge in [0.05, 0.1) is 0 Å². The van der Waals surface area contributed by atoms with Gasteiger partial charge < -0.3 is 0 Å². The quantitative estimate of drug-likeness (QED) is 0.0803. The molecule has 0 amide bonds. The Bertz CT molecular complexity index is 6690. The molecule has 0 aliphatic carbocycles. The fourth-order valence-corrected chi connectivity index (χ4v) is 18.1. The summed E-state index contributed by atoms with van der Waals surface area (Å²) in [4.78, 5) is 0. The molecule has 0 bridgehead atoms. The second-order valence-corrected chi connectivity index (χ2v) is 36.9. The highest BCUT2D eigenvalue weighted by atomic mass is 14.2. The van der Waals surface area contributed by atoms with Crippen molar-refractivity contribution in [3.8, 4) is 134 Å². The summed E-state index contributed by atoms with van der Waals surface area (Å²) in [6.45, 7) is 40.3. The molecule has 132 heavy (non-hydrogen) atoms. The maximum Gasteiger partial charge on any atom is -0.0102 e. The molecule has 0 nitrogen and oxygen atoms in total. The lowest BCUT2D eigenvalue weighted by atomic mass is 9.87. The molecule has 0 N–H and O–H groups in total. The Kier molecular flexibility index (Phi) is 33.6. The molecule has 0 saturated heterocycles. The normalized spacial score (nSPS) is 10.9. The maximum absolute atomic E-state index is 2.37. The lowest BCUT2D eigenvalue weighted by Crippen LogP contribution is -1.96. The van der Waals surface area contributed by atoms with Gasteiger partial charge in [-0.05, 0) is 278 Å². The number of hydrogen-bond acceptors (Lipinski definition) is 0. The van der Waals surface area contributed by atoms with Gasteiger partial charge in [0.2, 0.25) is 0 Å². The van der Waals surface area contributed by atoms with Crippen LogP contribution in [0.1, 0.15) is 185 Å². The fourth-order valence-electron chi connectivity index (χ4n) is 18.1. The van der Waals surface area contributed by atoms with E-state index in [4.69, 9.17) is 0 Å². The van der Waals surface area contributed by atoms with Crippen LogP contribution in [0.15, 0.2) is 437 Å². The van der Waals surface area contributed by atoms with Crippen molar-refractivity contribution in [1.82, 2.24) is 0 Å². The van der Waals surface area contributed by atoms with Gasteiger partial charge in [-0.1, -0.05) is 519 Å². The molecular weight excluding hydrogens is 1590 g/mol. The monoisotopic (exact) mass is 1720 g/mol. The molecule has 660 valence electrons. The Morgan fingerprint density at radius 2 is 0.402 bits per heavy atom. The predicted octanol–water partition coefficient (Wildman–Crippen LogP) is 38.7. The minimum Gasteiger partial charge on any atom is -0.0622 e. The molecule has 0 heteroatoms. The topological polar surface area (TPSA) is 0 Å². The Balaban J connectivity index is 0.000000135. The van der Waals surface area contributed by atoms with Crippen LogP contribution in [0.5, 0.6) is 0 Å². The summed E-state index contributed by atoms with van der Waals surface area (Å²) < 4.78 is 0.